The van der Waals surface area contributed by atoms with Gasteiger partial charge in [-0.3, -0.25) is 4.79 Å². The van der Waals surface area contributed by atoms with Gasteiger partial charge in [0, 0.05) is 25.0 Å². The molecule has 0 aromatic heterocycles. The minimum absolute atomic E-state index is 0. The zero-order valence-corrected chi connectivity index (χ0v) is 12.5. The standard InChI is InChI=1S/C14H26N2O.ClH/c1-11(2)7-9-16(13-5-6-13)14(17)10-12-4-3-8-15-12;/h11-13,15H,3-10H2,1-2H3;1H. The van der Waals surface area contributed by atoms with E-state index in [2.05, 4.69) is 24.1 Å². The quantitative estimate of drug-likeness (QED) is 0.807. The van der Waals surface area contributed by atoms with Gasteiger partial charge >= 0.3 is 0 Å². The Morgan fingerprint density at radius 3 is 2.56 bits per heavy atom. The Morgan fingerprint density at radius 2 is 2.06 bits per heavy atom. The first-order valence-corrected chi connectivity index (χ1v) is 7.19. The second kappa shape index (κ2) is 7.34. The molecule has 0 aromatic carbocycles. The summed E-state index contributed by atoms with van der Waals surface area (Å²) in [5.41, 5.74) is 0. The lowest BCUT2D eigenvalue weighted by atomic mass is 10.1. The molecule has 0 aromatic rings. The maximum Gasteiger partial charge on any atom is 0.224 e. The van der Waals surface area contributed by atoms with Crippen molar-refractivity contribution in [1.82, 2.24) is 10.2 Å². The second-order valence-corrected chi connectivity index (χ2v) is 6.00. The maximum atomic E-state index is 12.3. The van der Waals surface area contributed by atoms with Gasteiger partial charge in [0.1, 0.15) is 0 Å². The van der Waals surface area contributed by atoms with Crippen LogP contribution in [0.5, 0.6) is 0 Å². The smallest absolute Gasteiger partial charge is 0.224 e. The number of amides is 1. The number of hydrogen-bond acceptors (Lipinski definition) is 2. The number of carbonyl (C=O) groups excluding carboxylic acids is 1. The monoisotopic (exact) mass is 274 g/mol. The zero-order chi connectivity index (χ0) is 12.3. The van der Waals surface area contributed by atoms with E-state index in [0.29, 0.717) is 30.3 Å². The number of halogens is 1. The molecule has 1 N–H and O–H groups in total. The maximum absolute atomic E-state index is 12.3. The average molecular weight is 275 g/mol. The number of nitrogens with one attached hydrogen (secondary N) is 1. The fourth-order valence-electron chi connectivity index (χ4n) is 2.55. The van der Waals surface area contributed by atoms with E-state index in [1.54, 1.807) is 0 Å². The number of hydrogen-bond donors (Lipinski definition) is 1. The summed E-state index contributed by atoms with van der Waals surface area (Å²) in [4.78, 5) is 14.4. The Kier molecular flexibility index (Phi) is 6.44. The molecule has 1 unspecified atom stereocenters. The highest BCUT2D eigenvalue weighted by Crippen LogP contribution is 2.28. The lowest BCUT2D eigenvalue weighted by molar-refractivity contribution is -0.132. The van der Waals surface area contributed by atoms with Crippen molar-refractivity contribution in [3.05, 3.63) is 0 Å². The van der Waals surface area contributed by atoms with Crippen LogP contribution < -0.4 is 5.32 Å². The van der Waals surface area contributed by atoms with Crippen molar-refractivity contribution >= 4 is 18.3 Å². The van der Waals surface area contributed by atoms with Crippen molar-refractivity contribution in [1.29, 1.82) is 0 Å². The summed E-state index contributed by atoms with van der Waals surface area (Å²) < 4.78 is 0. The van der Waals surface area contributed by atoms with Crippen LogP contribution in [0.3, 0.4) is 0 Å². The topological polar surface area (TPSA) is 32.3 Å². The highest BCUT2D eigenvalue weighted by Gasteiger charge is 2.33. The van der Waals surface area contributed by atoms with Gasteiger partial charge in [-0.05, 0) is 44.6 Å². The van der Waals surface area contributed by atoms with Crippen LogP contribution in [0.1, 0.15) is 52.4 Å². The molecule has 0 bridgehead atoms. The molecule has 1 saturated heterocycles. The van der Waals surface area contributed by atoms with Crippen LogP contribution in [0.4, 0.5) is 0 Å². The third kappa shape index (κ3) is 4.77. The van der Waals surface area contributed by atoms with E-state index in [1.807, 2.05) is 0 Å². The lowest BCUT2D eigenvalue weighted by Crippen LogP contribution is -2.38. The summed E-state index contributed by atoms with van der Waals surface area (Å²) in [5.74, 6) is 1.07. The van der Waals surface area contributed by atoms with Crippen molar-refractivity contribution in [2.24, 2.45) is 5.92 Å². The minimum atomic E-state index is 0. The molecule has 3 nitrogen and oxygen atoms in total. The van der Waals surface area contributed by atoms with Crippen LogP contribution in [0.15, 0.2) is 0 Å². The normalized spacial score (nSPS) is 22.9. The molecule has 2 rings (SSSR count). The molecular formula is C14H27ClN2O. The third-order valence-corrected chi connectivity index (χ3v) is 3.84. The fourth-order valence-corrected chi connectivity index (χ4v) is 2.55. The predicted molar refractivity (Wildman–Crippen MR) is 77.1 cm³/mol. The average Bonchev–Trinajstić information content (AvgIpc) is 2.97. The van der Waals surface area contributed by atoms with Crippen molar-refractivity contribution in [2.45, 2.75) is 64.5 Å². The van der Waals surface area contributed by atoms with E-state index in [0.717, 1.165) is 19.5 Å². The third-order valence-electron chi connectivity index (χ3n) is 3.84. The van der Waals surface area contributed by atoms with Crippen LogP contribution in [-0.4, -0.2) is 36.0 Å². The number of nitrogens with zero attached hydrogens (tertiary/aromatic N) is 1. The largest absolute Gasteiger partial charge is 0.340 e. The Balaban J connectivity index is 0.00000162. The van der Waals surface area contributed by atoms with Gasteiger partial charge in [0.05, 0.1) is 0 Å². The molecule has 1 saturated carbocycles. The van der Waals surface area contributed by atoms with Crippen molar-refractivity contribution < 1.29 is 4.79 Å². The molecule has 1 aliphatic carbocycles. The molecule has 4 heteroatoms. The number of carbonyl (C=O) groups is 1. The summed E-state index contributed by atoms with van der Waals surface area (Å²) in [5, 5.41) is 3.42. The molecule has 2 aliphatic rings. The van der Waals surface area contributed by atoms with E-state index >= 15 is 0 Å². The van der Waals surface area contributed by atoms with Gasteiger partial charge in [0.2, 0.25) is 5.91 Å². The van der Waals surface area contributed by atoms with E-state index in [1.165, 1.54) is 25.7 Å². The predicted octanol–water partition coefficient (Wildman–Crippen LogP) is 2.59. The molecule has 1 aliphatic heterocycles. The van der Waals surface area contributed by atoms with Gasteiger partial charge in [-0.2, -0.15) is 0 Å². The molecule has 1 heterocycles. The number of rotatable bonds is 6. The highest BCUT2D eigenvalue weighted by atomic mass is 35.5. The van der Waals surface area contributed by atoms with E-state index < -0.39 is 0 Å². The summed E-state index contributed by atoms with van der Waals surface area (Å²) in [6.07, 6.45) is 6.71. The Morgan fingerprint density at radius 1 is 1.33 bits per heavy atom. The molecule has 1 amide bonds. The molecule has 1 atom stereocenters. The van der Waals surface area contributed by atoms with Gasteiger partial charge in [-0.25, -0.2) is 0 Å². The van der Waals surface area contributed by atoms with E-state index in [-0.39, 0.29) is 12.4 Å². The first-order chi connectivity index (χ1) is 8.16. The minimum Gasteiger partial charge on any atom is -0.340 e. The van der Waals surface area contributed by atoms with Gasteiger partial charge in [0.15, 0.2) is 0 Å². The van der Waals surface area contributed by atoms with Crippen LogP contribution >= 0.6 is 12.4 Å². The van der Waals surface area contributed by atoms with Gasteiger partial charge < -0.3 is 10.2 Å². The highest BCUT2D eigenvalue weighted by molar-refractivity contribution is 5.85. The van der Waals surface area contributed by atoms with Crippen molar-refractivity contribution in [3.8, 4) is 0 Å². The van der Waals surface area contributed by atoms with Crippen LogP contribution in [-0.2, 0) is 4.79 Å². The second-order valence-electron chi connectivity index (χ2n) is 6.00. The summed E-state index contributed by atoms with van der Waals surface area (Å²) in [6, 6.07) is 1.02. The van der Waals surface area contributed by atoms with Gasteiger partial charge in [-0.1, -0.05) is 13.8 Å². The molecule has 0 radical (unpaired) electrons. The molecule has 2 fully saturated rings. The van der Waals surface area contributed by atoms with Crippen LogP contribution in [0.2, 0.25) is 0 Å². The Labute approximate surface area is 117 Å². The van der Waals surface area contributed by atoms with E-state index in [9.17, 15) is 4.79 Å². The summed E-state index contributed by atoms with van der Waals surface area (Å²) in [6.45, 7) is 6.52. The van der Waals surface area contributed by atoms with Crippen molar-refractivity contribution in [2.75, 3.05) is 13.1 Å². The molecule has 106 valence electrons. The molecule has 0 spiro atoms. The SMILES string of the molecule is CC(C)CCN(C(=O)CC1CCCN1)C1CC1.Cl. The van der Waals surface area contributed by atoms with E-state index in [4.69, 9.17) is 0 Å². The Hall–Kier alpha value is -0.280. The van der Waals surface area contributed by atoms with Crippen molar-refractivity contribution in [3.63, 3.8) is 0 Å². The summed E-state index contributed by atoms with van der Waals surface area (Å²) in [7, 11) is 0. The molecule has 18 heavy (non-hydrogen) atoms. The summed E-state index contributed by atoms with van der Waals surface area (Å²) >= 11 is 0. The van der Waals surface area contributed by atoms with Crippen LogP contribution in [0, 0.1) is 5.92 Å². The Bertz CT molecular complexity index is 261. The lowest BCUT2D eigenvalue weighted by Gasteiger charge is -2.25. The molecular weight excluding hydrogens is 248 g/mol. The van der Waals surface area contributed by atoms with Crippen LogP contribution in [0.25, 0.3) is 0 Å². The van der Waals surface area contributed by atoms with Gasteiger partial charge in [0.25, 0.3) is 0 Å². The zero-order valence-electron chi connectivity index (χ0n) is 11.7. The first kappa shape index (κ1) is 15.8. The first-order valence-electron chi connectivity index (χ1n) is 7.19. The van der Waals surface area contributed by atoms with Gasteiger partial charge in [-0.15, -0.1) is 12.4 Å². The fraction of sp³-hybridized carbons (Fsp3) is 0.929.